The minimum absolute atomic E-state index is 0.112. The molecule has 1 unspecified atom stereocenters. The fraction of sp³-hybridized carbons (Fsp3) is 0.188. The normalized spacial score (nSPS) is 22.3. The van der Waals surface area contributed by atoms with Gasteiger partial charge in [0, 0.05) is 18.2 Å². The average molecular weight is 778 g/mol. The number of Topliss-reactive ketones (excluding diaryl/α,β-unsaturated/α-hetero) is 2. The van der Waals surface area contributed by atoms with E-state index in [2.05, 4.69) is 5.32 Å². The molecule has 6 aromatic carbocycles. The maximum absolute atomic E-state index is 15.3. The number of aliphatic hydroxyl groups excluding tert-OH is 1. The number of methoxy groups -OCH3 is 1. The summed E-state index contributed by atoms with van der Waals surface area (Å²) in [5.41, 5.74) is -6.25. The lowest BCUT2D eigenvalue weighted by Gasteiger charge is -2.57. The van der Waals surface area contributed by atoms with E-state index in [1.165, 1.54) is 31.4 Å². The Kier molecular flexibility index (Phi) is 11.8. The number of carbonyl (C=O) groups excluding carboxylic acids is 3. The molecule has 0 saturated carbocycles. The number of amides is 1. The summed E-state index contributed by atoms with van der Waals surface area (Å²) in [5.74, 6) is -2.31. The highest BCUT2D eigenvalue weighted by molar-refractivity contribution is 6.13. The minimum atomic E-state index is -3.35. The van der Waals surface area contributed by atoms with Gasteiger partial charge in [0.25, 0.3) is 0 Å². The van der Waals surface area contributed by atoms with Gasteiger partial charge in [-0.2, -0.15) is 0 Å². The second kappa shape index (κ2) is 17.1. The number of alkyl carbamates (subject to hydrolysis) is 1. The molecule has 1 heterocycles. The molecule has 1 saturated heterocycles. The summed E-state index contributed by atoms with van der Waals surface area (Å²) in [6.07, 6.45) is -6.97. The molecule has 58 heavy (non-hydrogen) atoms. The van der Waals surface area contributed by atoms with Crippen LogP contribution in [0.5, 0.6) is 0 Å². The third-order valence-corrected chi connectivity index (χ3v) is 10.9. The van der Waals surface area contributed by atoms with E-state index < -0.39 is 58.8 Å². The number of hydrogen-bond acceptors (Lipinski definition) is 9. The van der Waals surface area contributed by atoms with Gasteiger partial charge >= 0.3 is 6.09 Å². The third kappa shape index (κ3) is 7.02. The Bertz CT molecular complexity index is 2200. The van der Waals surface area contributed by atoms with Gasteiger partial charge in [0.15, 0.2) is 23.3 Å². The molecule has 7 rings (SSSR count). The molecule has 6 aromatic rings. The molecular formula is C48H43NO9. The monoisotopic (exact) mass is 777 g/mol. The van der Waals surface area contributed by atoms with Crippen molar-refractivity contribution in [2.75, 3.05) is 7.11 Å². The Balaban J connectivity index is 1.49. The number of ether oxygens (including phenoxy) is 3. The summed E-state index contributed by atoms with van der Waals surface area (Å²) in [5, 5.41) is 43.0. The number of nitrogens with one attached hydrogen (secondary N) is 1. The number of carbonyl (C=O) groups is 3. The molecule has 0 spiro atoms. The zero-order valence-electron chi connectivity index (χ0n) is 31.6. The van der Waals surface area contributed by atoms with E-state index >= 15 is 9.59 Å². The molecule has 0 aliphatic carbocycles. The van der Waals surface area contributed by atoms with Gasteiger partial charge in [-0.05, 0) is 22.3 Å². The standard InChI is InChI=1S/C48H43NO9/c1-56-44-39(49-45(53)57-32-33-20-8-2-9-21-33)47(54,40(50)34-22-10-3-11-23-34)48(55,41(51)35-24-12-4-13-25-35)43(58-44)42(52)46(36-26-14-5-15-27-36,37-28-16-6-17-29-37)38-30-18-7-19-31-38/h2-31,39,42-44,52,54-55H,32H2,1H3,(H,49,53)/t39-,42?,43-,44+,47+,48-/m1/s1. The quantitative estimate of drug-likeness (QED) is 0.0785. The number of aliphatic hydroxyl groups is 3. The van der Waals surface area contributed by atoms with Gasteiger partial charge in [-0.3, -0.25) is 9.59 Å². The van der Waals surface area contributed by atoms with Crippen molar-refractivity contribution in [3.05, 3.63) is 215 Å². The SMILES string of the molecule is CO[C@H]1O[C@H](C(O)C(c2ccccc2)(c2ccccc2)c2ccccc2)[C@](O)(C(=O)c2ccccc2)[C@@](O)(C(=O)c2ccccc2)[C@@H]1NC(=O)OCc1ccccc1. The van der Waals surface area contributed by atoms with Crippen LogP contribution >= 0.6 is 0 Å². The van der Waals surface area contributed by atoms with Crippen LogP contribution in [-0.2, 0) is 26.2 Å². The lowest BCUT2D eigenvalue weighted by atomic mass is 9.57. The van der Waals surface area contributed by atoms with Crippen LogP contribution in [0.15, 0.2) is 182 Å². The molecule has 0 aromatic heterocycles. The van der Waals surface area contributed by atoms with Crippen LogP contribution in [0, 0.1) is 0 Å². The van der Waals surface area contributed by atoms with Gasteiger partial charge in [-0.1, -0.05) is 182 Å². The molecule has 0 bridgehead atoms. The second-order valence-electron chi connectivity index (χ2n) is 14.1. The topological polar surface area (TPSA) is 152 Å². The number of rotatable bonds is 13. The highest BCUT2D eigenvalue weighted by Crippen LogP contribution is 2.51. The molecule has 1 aliphatic heterocycles. The van der Waals surface area contributed by atoms with Gasteiger partial charge in [-0.15, -0.1) is 0 Å². The van der Waals surface area contributed by atoms with Gasteiger partial charge in [0.1, 0.15) is 24.9 Å². The summed E-state index contributed by atoms with van der Waals surface area (Å²) in [7, 11) is 1.22. The van der Waals surface area contributed by atoms with E-state index in [-0.39, 0.29) is 17.7 Å². The van der Waals surface area contributed by atoms with Crippen molar-refractivity contribution in [2.45, 2.75) is 47.8 Å². The Morgan fingerprint density at radius 3 is 1.41 bits per heavy atom. The van der Waals surface area contributed by atoms with Crippen LogP contribution in [0.2, 0.25) is 0 Å². The van der Waals surface area contributed by atoms with Gasteiger partial charge in [0.2, 0.25) is 5.78 Å². The van der Waals surface area contributed by atoms with Gasteiger partial charge < -0.3 is 34.8 Å². The Labute approximate surface area is 336 Å². The summed E-state index contributed by atoms with van der Waals surface area (Å²) in [4.78, 5) is 44.2. The first-order valence-electron chi connectivity index (χ1n) is 18.8. The first-order chi connectivity index (χ1) is 28.2. The summed E-state index contributed by atoms with van der Waals surface area (Å²) < 4.78 is 17.9. The molecule has 0 radical (unpaired) electrons. The van der Waals surface area contributed by atoms with Crippen molar-refractivity contribution in [3.63, 3.8) is 0 Å². The maximum atomic E-state index is 15.3. The maximum Gasteiger partial charge on any atom is 0.407 e. The highest BCUT2D eigenvalue weighted by Gasteiger charge is 2.75. The number of ketones is 2. The zero-order valence-corrected chi connectivity index (χ0v) is 31.6. The van der Waals surface area contributed by atoms with Crippen LogP contribution < -0.4 is 5.32 Å². The van der Waals surface area contributed by atoms with Crippen molar-refractivity contribution in [2.24, 2.45) is 0 Å². The van der Waals surface area contributed by atoms with E-state index in [4.69, 9.17) is 14.2 Å². The lowest BCUT2D eigenvalue weighted by molar-refractivity contribution is -0.314. The number of hydrogen-bond donors (Lipinski definition) is 4. The number of benzene rings is 6. The molecule has 4 N–H and O–H groups in total. The van der Waals surface area contributed by atoms with Crippen molar-refractivity contribution in [1.82, 2.24) is 5.32 Å². The van der Waals surface area contributed by atoms with Crippen molar-refractivity contribution >= 4 is 17.7 Å². The molecular weight excluding hydrogens is 735 g/mol. The predicted molar refractivity (Wildman–Crippen MR) is 216 cm³/mol. The minimum Gasteiger partial charge on any atom is -0.445 e. The zero-order chi connectivity index (χ0) is 40.8. The molecule has 1 amide bonds. The van der Waals surface area contributed by atoms with Crippen LogP contribution in [0.4, 0.5) is 4.79 Å². The van der Waals surface area contributed by atoms with E-state index in [9.17, 15) is 20.1 Å². The van der Waals surface area contributed by atoms with E-state index in [0.717, 1.165) is 0 Å². The summed E-state index contributed by atoms with van der Waals surface area (Å²) >= 11 is 0. The van der Waals surface area contributed by atoms with E-state index in [0.29, 0.717) is 22.3 Å². The predicted octanol–water partition coefficient (Wildman–Crippen LogP) is 6.28. The van der Waals surface area contributed by atoms with Crippen molar-refractivity contribution in [3.8, 4) is 0 Å². The molecule has 6 atom stereocenters. The second-order valence-corrected chi connectivity index (χ2v) is 14.1. The largest absolute Gasteiger partial charge is 0.445 e. The molecule has 10 heteroatoms. The first-order valence-corrected chi connectivity index (χ1v) is 18.8. The van der Waals surface area contributed by atoms with Crippen LogP contribution in [-0.4, -0.2) is 75.8 Å². The fourth-order valence-electron chi connectivity index (χ4n) is 8.11. The molecule has 1 aliphatic rings. The van der Waals surface area contributed by atoms with Gasteiger partial charge in [-0.25, -0.2) is 4.79 Å². The van der Waals surface area contributed by atoms with Crippen molar-refractivity contribution in [1.29, 1.82) is 0 Å². The van der Waals surface area contributed by atoms with Crippen LogP contribution in [0.25, 0.3) is 0 Å². The van der Waals surface area contributed by atoms with E-state index in [1.807, 2.05) is 18.2 Å². The Hall–Kier alpha value is -6.27. The van der Waals surface area contributed by atoms with Crippen molar-refractivity contribution < 1.29 is 43.9 Å². The third-order valence-electron chi connectivity index (χ3n) is 10.9. The summed E-state index contributed by atoms with van der Waals surface area (Å²) in [6, 6.07) is 49.0. The molecule has 294 valence electrons. The fourth-order valence-corrected chi connectivity index (χ4v) is 8.11. The molecule has 1 fully saturated rings. The van der Waals surface area contributed by atoms with Crippen LogP contribution in [0.3, 0.4) is 0 Å². The molecule has 10 nitrogen and oxygen atoms in total. The lowest BCUT2D eigenvalue weighted by Crippen LogP contribution is -2.84. The first kappa shape index (κ1) is 39.9. The highest BCUT2D eigenvalue weighted by atomic mass is 16.7. The smallest absolute Gasteiger partial charge is 0.407 e. The Morgan fingerprint density at radius 2 is 1.00 bits per heavy atom. The van der Waals surface area contributed by atoms with Gasteiger partial charge in [0.05, 0.1) is 5.41 Å². The van der Waals surface area contributed by atoms with E-state index in [1.54, 1.807) is 140 Å². The van der Waals surface area contributed by atoms with Crippen LogP contribution in [0.1, 0.15) is 43.0 Å². The average Bonchev–Trinajstić information content (AvgIpc) is 3.29. The summed E-state index contributed by atoms with van der Waals surface area (Å²) in [6.45, 7) is -0.189. The Morgan fingerprint density at radius 1 is 0.621 bits per heavy atom.